The van der Waals surface area contributed by atoms with Crippen LogP contribution in [0, 0.1) is 0 Å². The van der Waals surface area contributed by atoms with Crippen molar-refractivity contribution in [3.05, 3.63) is 59.7 Å². The maximum absolute atomic E-state index is 12.7. The van der Waals surface area contributed by atoms with E-state index in [1.54, 1.807) is 37.3 Å². The molecule has 0 unspecified atom stereocenters. The van der Waals surface area contributed by atoms with Gasteiger partial charge in [0.15, 0.2) is 0 Å². The van der Waals surface area contributed by atoms with Gasteiger partial charge >= 0.3 is 6.18 Å². The highest BCUT2D eigenvalue weighted by molar-refractivity contribution is 7.85. The minimum Gasteiger partial charge on any atom is -0.368 e. The van der Waals surface area contributed by atoms with Gasteiger partial charge in [-0.1, -0.05) is 36.4 Å². The van der Waals surface area contributed by atoms with Gasteiger partial charge in [-0.05, 0) is 35.7 Å². The molecule has 0 heterocycles. The Bertz CT molecular complexity index is 890. The predicted octanol–water partition coefficient (Wildman–Crippen LogP) is 2.84. The Labute approximate surface area is 161 Å². The van der Waals surface area contributed by atoms with Crippen LogP contribution in [0.3, 0.4) is 0 Å². The number of alkyl halides is 3. The Morgan fingerprint density at radius 3 is 2.14 bits per heavy atom. The Hall–Kier alpha value is -2.43. The number of nitrogens with two attached hydrogens (primary N) is 1. The lowest BCUT2D eigenvalue weighted by Gasteiger charge is -2.11. The average molecular weight is 418 g/mol. The second-order valence-corrected chi connectivity index (χ2v) is 7.48. The monoisotopic (exact) mass is 418 g/mol. The van der Waals surface area contributed by atoms with E-state index < -0.39 is 33.8 Å². The Kier molecular flexibility index (Phi) is 8.15. The molecule has 28 heavy (non-hydrogen) atoms. The predicted molar refractivity (Wildman–Crippen MR) is 99.8 cm³/mol. The molecule has 0 aromatic heterocycles. The summed E-state index contributed by atoms with van der Waals surface area (Å²) in [6, 6.07) is 11.9. The van der Waals surface area contributed by atoms with E-state index >= 15 is 0 Å². The van der Waals surface area contributed by atoms with Crippen LogP contribution in [-0.2, 0) is 27.6 Å². The van der Waals surface area contributed by atoms with Crippen molar-refractivity contribution in [2.45, 2.75) is 25.7 Å². The maximum atomic E-state index is 12.7. The van der Waals surface area contributed by atoms with Crippen LogP contribution in [0.5, 0.6) is 0 Å². The van der Waals surface area contributed by atoms with Crippen LogP contribution in [0.2, 0.25) is 0 Å². The lowest BCUT2D eigenvalue weighted by molar-refractivity contribution is -0.137. The van der Waals surface area contributed by atoms with Crippen molar-refractivity contribution >= 4 is 16.0 Å². The molecule has 2 aromatic rings. The average Bonchev–Trinajstić information content (AvgIpc) is 2.58. The Morgan fingerprint density at radius 1 is 1.14 bits per heavy atom. The number of carbonyl (C=O) groups is 1. The lowest BCUT2D eigenvalue weighted by atomic mass is 10.0. The van der Waals surface area contributed by atoms with Gasteiger partial charge in [0.1, 0.15) is 0 Å². The first-order valence-electron chi connectivity index (χ1n) is 7.99. The first-order chi connectivity index (χ1) is 12.8. The zero-order valence-electron chi connectivity index (χ0n) is 15.2. The molecule has 0 saturated heterocycles. The number of hydrogen-bond donors (Lipinski definition) is 3. The molecule has 4 N–H and O–H groups in total. The van der Waals surface area contributed by atoms with Crippen molar-refractivity contribution in [3.63, 3.8) is 0 Å². The molecule has 0 saturated carbocycles. The molecule has 0 radical (unpaired) electrons. The van der Waals surface area contributed by atoms with Crippen LogP contribution >= 0.6 is 0 Å². The summed E-state index contributed by atoms with van der Waals surface area (Å²) >= 11 is 0. The number of nitrogens with one attached hydrogen (secondary N) is 1. The fourth-order valence-electron chi connectivity index (χ4n) is 2.06. The highest BCUT2D eigenvalue weighted by Gasteiger charge is 2.30. The number of carbonyl (C=O) groups excluding carboxylic acids is 1. The number of primary amides is 1. The molecule has 0 bridgehead atoms. The number of rotatable bonds is 5. The van der Waals surface area contributed by atoms with Crippen molar-refractivity contribution in [1.82, 2.24) is 5.32 Å². The van der Waals surface area contributed by atoms with Crippen molar-refractivity contribution in [3.8, 4) is 11.1 Å². The van der Waals surface area contributed by atoms with Crippen LogP contribution in [0.25, 0.3) is 11.1 Å². The number of hydrogen-bond acceptors (Lipinski definition) is 4. The number of halogens is 3. The van der Waals surface area contributed by atoms with Gasteiger partial charge in [-0.2, -0.15) is 21.6 Å². The third-order valence-corrected chi connectivity index (χ3v) is 3.52. The molecule has 1 amide bonds. The van der Waals surface area contributed by atoms with E-state index in [1.165, 1.54) is 6.07 Å². The molecule has 154 valence electrons. The van der Waals surface area contributed by atoms with Crippen LogP contribution in [-0.4, -0.2) is 31.2 Å². The zero-order chi connectivity index (χ0) is 21.5. The summed E-state index contributed by atoms with van der Waals surface area (Å²) in [5.41, 5.74) is 6.60. The van der Waals surface area contributed by atoms with Crippen LogP contribution in [0.4, 0.5) is 13.2 Å². The fraction of sp³-hybridized carbons (Fsp3) is 0.278. The molecule has 0 aliphatic heterocycles. The molecule has 0 fully saturated rings. The molecule has 6 nitrogen and oxygen atoms in total. The van der Waals surface area contributed by atoms with Crippen LogP contribution in [0.15, 0.2) is 48.5 Å². The van der Waals surface area contributed by atoms with Gasteiger partial charge < -0.3 is 11.1 Å². The summed E-state index contributed by atoms with van der Waals surface area (Å²) in [6.07, 6.45) is -3.64. The minimum atomic E-state index is -4.36. The van der Waals surface area contributed by atoms with Crippen molar-refractivity contribution in [2.24, 2.45) is 5.73 Å². The largest absolute Gasteiger partial charge is 0.416 e. The normalized spacial score (nSPS) is 12.6. The van der Waals surface area contributed by atoms with Gasteiger partial charge in [-0.25, -0.2) is 0 Å². The van der Waals surface area contributed by atoms with Gasteiger partial charge in [0, 0.05) is 6.54 Å². The summed E-state index contributed by atoms with van der Waals surface area (Å²) in [5.74, 6) is -0.439. The summed E-state index contributed by atoms with van der Waals surface area (Å²) < 4.78 is 64.1. The van der Waals surface area contributed by atoms with E-state index in [1.807, 2.05) is 0 Å². The molecular formula is C18H21F3N2O4S. The standard InChI is InChI=1S/C17H17F3N2O.CH4O3S/c1-11(16(21)23)22-10-12-5-7-13(8-6-12)14-3-2-4-15(9-14)17(18,19)20;1-5(2,3)4/h2-9,11,22H,10H2,1H3,(H2,21,23);1H3,(H,2,3,4)/t11-;/m0./s1. The topological polar surface area (TPSA) is 109 Å². The second kappa shape index (κ2) is 9.67. The van der Waals surface area contributed by atoms with E-state index in [9.17, 15) is 26.4 Å². The Balaban J connectivity index is 0.000000696. The van der Waals surface area contributed by atoms with Gasteiger partial charge in [-0.15, -0.1) is 0 Å². The number of benzene rings is 2. The third kappa shape index (κ3) is 8.98. The molecule has 1 atom stereocenters. The summed E-state index contributed by atoms with van der Waals surface area (Å²) in [5, 5.41) is 2.96. The van der Waals surface area contributed by atoms with Gasteiger partial charge in [0.05, 0.1) is 17.9 Å². The van der Waals surface area contributed by atoms with E-state index in [0.717, 1.165) is 17.7 Å². The van der Waals surface area contributed by atoms with Crippen LogP contribution in [0.1, 0.15) is 18.1 Å². The summed E-state index contributed by atoms with van der Waals surface area (Å²) in [6.45, 7) is 2.12. The summed E-state index contributed by atoms with van der Waals surface area (Å²) in [4.78, 5) is 10.9. The van der Waals surface area contributed by atoms with Crippen molar-refractivity contribution < 1.29 is 30.9 Å². The fourth-order valence-corrected chi connectivity index (χ4v) is 2.06. The third-order valence-electron chi connectivity index (χ3n) is 3.52. The second-order valence-electron chi connectivity index (χ2n) is 6.01. The van der Waals surface area contributed by atoms with Crippen molar-refractivity contribution in [1.29, 1.82) is 0 Å². The van der Waals surface area contributed by atoms with E-state index in [-0.39, 0.29) is 0 Å². The zero-order valence-corrected chi connectivity index (χ0v) is 16.0. The first-order valence-corrected chi connectivity index (χ1v) is 9.84. The van der Waals surface area contributed by atoms with E-state index in [0.29, 0.717) is 23.9 Å². The number of amides is 1. The lowest BCUT2D eigenvalue weighted by Crippen LogP contribution is -2.38. The smallest absolute Gasteiger partial charge is 0.368 e. The molecule has 0 aliphatic carbocycles. The van der Waals surface area contributed by atoms with Gasteiger partial charge in [0.2, 0.25) is 5.91 Å². The van der Waals surface area contributed by atoms with Crippen LogP contribution < -0.4 is 11.1 Å². The molecule has 0 aliphatic rings. The van der Waals surface area contributed by atoms with Crippen molar-refractivity contribution in [2.75, 3.05) is 6.26 Å². The summed E-state index contributed by atoms with van der Waals surface area (Å²) in [7, 11) is -3.67. The molecule has 2 aromatic carbocycles. The maximum Gasteiger partial charge on any atom is 0.416 e. The highest BCUT2D eigenvalue weighted by Crippen LogP contribution is 2.32. The minimum absolute atomic E-state index is 0.439. The molecule has 2 rings (SSSR count). The quantitative estimate of drug-likeness (QED) is 0.647. The molecule has 10 heteroatoms. The Morgan fingerprint density at radius 2 is 1.68 bits per heavy atom. The molecule has 0 spiro atoms. The van der Waals surface area contributed by atoms with Gasteiger partial charge in [-0.3, -0.25) is 9.35 Å². The van der Waals surface area contributed by atoms with E-state index in [4.69, 9.17) is 10.3 Å². The first kappa shape index (κ1) is 23.6. The SMILES string of the molecule is CS(=O)(=O)O.C[C@H](NCc1ccc(-c2cccc(C(F)(F)F)c2)cc1)C(N)=O. The van der Waals surface area contributed by atoms with E-state index in [2.05, 4.69) is 5.32 Å². The molecular weight excluding hydrogens is 397 g/mol. The highest BCUT2D eigenvalue weighted by atomic mass is 32.2. The van der Waals surface area contributed by atoms with Gasteiger partial charge in [0.25, 0.3) is 10.1 Å².